The highest BCUT2D eigenvalue weighted by atomic mass is 32.2. The number of alkyl halides is 3. The number of nitrogens with zero attached hydrogens (tertiary/aromatic N) is 1. The topological polar surface area (TPSA) is 105 Å². The molecule has 0 aliphatic carbocycles. The number of hydrogen-bond donors (Lipinski definition) is 2. The third-order valence-corrected chi connectivity index (χ3v) is 7.99. The molecule has 0 aliphatic heterocycles. The van der Waals surface area contributed by atoms with Crippen molar-refractivity contribution < 1.29 is 31.2 Å². The molecule has 0 saturated carbocycles. The van der Waals surface area contributed by atoms with Crippen molar-refractivity contribution in [2.75, 3.05) is 5.32 Å². The van der Waals surface area contributed by atoms with Gasteiger partial charge in [-0.25, -0.2) is 17.9 Å². The molecule has 0 bridgehead atoms. The fraction of sp³-hybridized carbons (Fsp3) is 0.0645. The fourth-order valence-corrected chi connectivity index (χ4v) is 5.78. The van der Waals surface area contributed by atoms with E-state index in [1.807, 2.05) is 4.72 Å². The Morgan fingerprint density at radius 3 is 2.24 bits per heavy atom. The first-order valence-electron chi connectivity index (χ1n) is 12.5. The summed E-state index contributed by atoms with van der Waals surface area (Å²) in [5.41, 5.74) is 0.120. The SMILES string of the molecule is Cc1ccccc1S(=O)(=O)NC(=O)Nc1cccc(-c2c(C(=O)c3ccccc3)cnc3c(C(F)(F)F)cccc23)c1. The summed E-state index contributed by atoms with van der Waals surface area (Å²) in [6, 6.07) is 22.9. The van der Waals surface area contributed by atoms with E-state index in [9.17, 15) is 31.2 Å². The van der Waals surface area contributed by atoms with Crippen LogP contribution in [-0.2, 0) is 16.2 Å². The number of anilines is 1. The molecular weight excluding hydrogens is 567 g/mol. The fourth-order valence-electron chi connectivity index (χ4n) is 4.62. The molecule has 4 aromatic carbocycles. The van der Waals surface area contributed by atoms with E-state index in [0.29, 0.717) is 16.7 Å². The van der Waals surface area contributed by atoms with Crippen LogP contribution in [0, 0.1) is 6.92 Å². The lowest BCUT2D eigenvalue weighted by molar-refractivity contribution is -0.136. The summed E-state index contributed by atoms with van der Waals surface area (Å²) in [5.74, 6) is -0.460. The number of carbonyl (C=O) groups excluding carboxylic acids is 2. The van der Waals surface area contributed by atoms with Crippen molar-refractivity contribution in [3.8, 4) is 11.1 Å². The number of halogens is 3. The number of ketones is 1. The van der Waals surface area contributed by atoms with Gasteiger partial charge in [0.05, 0.1) is 16.0 Å². The normalized spacial score (nSPS) is 11.7. The maximum absolute atomic E-state index is 13.9. The number of aromatic nitrogens is 1. The van der Waals surface area contributed by atoms with Gasteiger partial charge in [0.25, 0.3) is 10.0 Å². The minimum absolute atomic E-state index is 0.0526. The lowest BCUT2D eigenvalue weighted by Crippen LogP contribution is -2.34. The first kappa shape index (κ1) is 28.5. The molecule has 0 atom stereocenters. The Morgan fingerprint density at radius 1 is 0.833 bits per heavy atom. The van der Waals surface area contributed by atoms with Gasteiger partial charge in [-0.2, -0.15) is 13.2 Å². The molecule has 5 rings (SSSR count). The molecule has 0 unspecified atom stereocenters. The molecule has 212 valence electrons. The number of rotatable bonds is 6. The Balaban J connectivity index is 1.58. The van der Waals surface area contributed by atoms with Gasteiger partial charge >= 0.3 is 12.2 Å². The summed E-state index contributed by atoms with van der Waals surface area (Å²) < 4.78 is 69.0. The van der Waals surface area contributed by atoms with Crippen LogP contribution in [0.15, 0.2) is 108 Å². The van der Waals surface area contributed by atoms with Crippen LogP contribution in [0.2, 0.25) is 0 Å². The largest absolute Gasteiger partial charge is 0.418 e. The highest BCUT2D eigenvalue weighted by Crippen LogP contribution is 2.39. The molecule has 0 fully saturated rings. The van der Waals surface area contributed by atoms with Crippen LogP contribution in [0.3, 0.4) is 0 Å². The number of pyridine rings is 1. The third kappa shape index (κ3) is 5.72. The van der Waals surface area contributed by atoms with Crippen molar-refractivity contribution in [2.24, 2.45) is 0 Å². The van der Waals surface area contributed by atoms with Crippen LogP contribution in [-0.4, -0.2) is 25.2 Å². The average Bonchev–Trinajstić information content (AvgIpc) is 2.95. The van der Waals surface area contributed by atoms with Crippen LogP contribution in [0.1, 0.15) is 27.0 Å². The molecule has 1 heterocycles. The van der Waals surface area contributed by atoms with E-state index in [-0.39, 0.29) is 32.6 Å². The van der Waals surface area contributed by atoms with Crippen LogP contribution >= 0.6 is 0 Å². The van der Waals surface area contributed by atoms with Gasteiger partial charge in [-0.3, -0.25) is 9.78 Å². The second-order valence-electron chi connectivity index (χ2n) is 9.35. The maximum atomic E-state index is 13.9. The number of sulfonamides is 1. The highest BCUT2D eigenvalue weighted by Gasteiger charge is 2.34. The van der Waals surface area contributed by atoms with E-state index in [1.54, 1.807) is 55.5 Å². The number of aryl methyl sites for hydroxylation is 1. The maximum Gasteiger partial charge on any atom is 0.418 e. The van der Waals surface area contributed by atoms with E-state index < -0.39 is 33.6 Å². The van der Waals surface area contributed by atoms with Crippen LogP contribution in [0.4, 0.5) is 23.7 Å². The molecule has 2 N–H and O–H groups in total. The number of hydrogen-bond acceptors (Lipinski definition) is 5. The highest BCUT2D eigenvalue weighted by molar-refractivity contribution is 7.90. The van der Waals surface area contributed by atoms with E-state index in [2.05, 4.69) is 10.3 Å². The monoisotopic (exact) mass is 589 g/mol. The van der Waals surface area contributed by atoms with Gasteiger partial charge in [0, 0.05) is 34.0 Å². The van der Waals surface area contributed by atoms with Crippen molar-refractivity contribution in [1.29, 1.82) is 0 Å². The molecule has 1 aromatic heterocycles. The minimum atomic E-state index is -4.70. The van der Waals surface area contributed by atoms with Gasteiger partial charge in [0.1, 0.15) is 0 Å². The molecule has 0 aliphatic rings. The summed E-state index contributed by atoms with van der Waals surface area (Å²) in [6.07, 6.45) is -3.58. The van der Waals surface area contributed by atoms with Crippen molar-refractivity contribution in [2.45, 2.75) is 18.0 Å². The lowest BCUT2D eigenvalue weighted by Gasteiger charge is -2.16. The minimum Gasteiger partial charge on any atom is -0.307 e. The third-order valence-electron chi connectivity index (χ3n) is 6.50. The van der Waals surface area contributed by atoms with Gasteiger partial charge < -0.3 is 5.32 Å². The van der Waals surface area contributed by atoms with Gasteiger partial charge in [0.15, 0.2) is 5.78 Å². The Bertz CT molecular complexity index is 1940. The summed E-state index contributed by atoms with van der Waals surface area (Å²) in [7, 11) is -4.19. The lowest BCUT2D eigenvalue weighted by atomic mass is 9.91. The second kappa shape index (κ2) is 11.1. The standard InChI is InChI=1S/C31H22F3N3O4S/c1-19-9-5-6-16-26(19)42(40,41)37-30(39)36-22-13-7-12-21(17-22)27-23-14-8-15-25(31(32,33)34)28(23)35-18-24(27)29(38)20-10-3-2-4-11-20/h2-18H,1H3,(H2,36,37,39). The first-order valence-corrected chi connectivity index (χ1v) is 14.0. The average molecular weight is 590 g/mol. The number of para-hydroxylation sites is 1. The number of urea groups is 1. The number of fused-ring (bicyclic) bond motifs is 1. The first-order chi connectivity index (χ1) is 20.0. The van der Waals surface area contributed by atoms with Crippen molar-refractivity contribution >= 4 is 38.4 Å². The number of carbonyl (C=O) groups is 2. The quantitative estimate of drug-likeness (QED) is 0.208. The zero-order valence-corrected chi connectivity index (χ0v) is 22.8. The smallest absolute Gasteiger partial charge is 0.307 e. The summed E-state index contributed by atoms with van der Waals surface area (Å²) in [5, 5.41) is 2.53. The number of nitrogens with one attached hydrogen (secondary N) is 2. The molecule has 42 heavy (non-hydrogen) atoms. The Hall–Kier alpha value is -5.03. The Labute approximate surface area is 239 Å². The van der Waals surface area contributed by atoms with Crippen LogP contribution < -0.4 is 10.0 Å². The predicted octanol–water partition coefficient (Wildman–Crippen LogP) is 6.97. The molecule has 7 nitrogen and oxygen atoms in total. The Morgan fingerprint density at radius 2 is 1.52 bits per heavy atom. The molecule has 0 saturated heterocycles. The van der Waals surface area contributed by atoms with Gasteiger partial charge in [-0.15, -0.1) is 0 Å². The van der Waals surface area contributed by atoms with Gasteiger partial charge in [0.2, 0.25) is 0 Å². The molecular formula is C31H22F3N3O4S. The molecule has 0 spiro atoms. The number of amides is 2. The summed E-state index contributed by atoms with van der Waals surface area (Å²) in [6.45, 7) is 1.59. The molecule has 2 amide bonds. The zero-order valence-electron chi connectivity index (χ0n) is 21.9. The van der Waals surface area contributed by atoms with E-state index in [1.165, 1.54) is 42.5 Å². The second-order valence-corrected chi connectivity index (χ2v) is 11.0. The molecule has 11 heteroatoms. The predicted molar refractivity (Wildman–Crippen MR) is 153 cm³/mol. The van der Waals surface area contributed by atoms with E-state index in [0.717, 1.165) is 12.3 Å². The molecule has 0 radical (unpaired) electrons. The van der Waals surface area contributed by atoms with E-state index >= 15 is 0 Å². The van der Waals surface area contributed by atoms with Gasteiger partial charge in [-0.05, 0) is 42.3 Å². The Kier molecular flexibility index (Phi) is 7.53. The van der Waals surface area contributed by atoms with E-state index in [4.69, 9.17) is 0 Å². The van der Waals surface area contributed by atoms with Crippen LogP contribution in [0.25, 0.3) is 22.0 Å². The summed E-state index contributed by atoms with van der Waals surface area (Å²) in [4.78, 5) is 30.2. The van der Waals surface area contributed by atoms with Crippen LogP contribution in [0.5, 0.6) is 0 Å². The van der Waals surface area contributed by atoms with Gasteiger partial charge in [-0.1, -0.05) is 72.8 Å². The number of benzene rings is 4. The zero-order chi connectivity index (χ0) is 30.1. The van der Waals surface area contributed by atoms with Crippen molar-refractivity contribution in [1.82, 2.24) is 9.71 Å². The summed E-state index contributed by atoms with van der Waals surface area (Å²) >= 11 is 0. The van der Waals surface area contributed by atoms with Crippen molar-refractivity contribution in [3.63, 3.8) is 0 Å². The molecule has 5 aromatic rings. The van der Waals surface area contributed by atoms with Crippen molar-refractivity contribution in [3.05, 3.63) is 126 Å².